The first-order chi connectivity index (χ1) is 6.68. The molecule has 4 heteroatoms. The van der Waals surface area contributed by atoms with E-state index in [4.69, 9.17) is 4.74 Å². The fourth-order valence-corrected chi connectivity index (χ4v) is 0.803. The first-order valence-corrected chi connectivity index (χ1v) is 4.54. The van der Waals surface area contributed by atoms with Crippen LogP contribution in [-0.4, -0.2) is 25.2 Å². The van der Waals surface area contributed by atoms with Crippen LogP contribution in [0.25, 0.3) is 0 Å². The molecule has 0 saturated carbocycles. The van der Waals surface area contributed by atoms with Crippen LogP contribution in [-0.2, 0) is 14.3 Å². The summed E-state index contributed by atoms with van der Waals surface area (Å²) in [5.74, 6) is -0.351. The molecule has 0 saturated heterocycles. The van der Waals surface area contributed by atoms with Gasteiger partial charge in [0.25, 0.3) is 0 Å². The largest absolute Gasteiger partial charge is 0.462 e. The fourth-order valence-electron chi connectivity index (χ4n) is 0.803. The number of hydrogen-bond acceptors (Lipinski definition) is 4. The predicted molar refractivity (Wildman–Crippen MR) is 52.6 cm³/mol. The third kappa shape index (κ3) is 7.25. The molecule has 0 bridgehead atoms. The molecule has 0 aromatic rings. The van der Waals surface area contributed by atoms with E-state index in [0.717, 1.165) is 19.3 Å². The number of unbranched alkanes of at least 4 members (excludes halogenated alkanes) is 2. The number of esters is 1. The topological polar surface area (TPSA) is 55.7 Å². The Hall–Kier alpha value is -1.41. The summed E-state index contributed by atoms with van der Waals surface area (Å²) in [5, 5.41) is 0. The van der Waals surface area contributed by atoms with E-state index in [9.17, 15) is 9.59 Å². The molecule has 0 aliphatic carbocycles. The lowest BCUT2D eigenvalue weighted by Crippen LogP contribution is -2.06. The molecule has 0 aromatic carbocycles. The maximum Gasteiger partial charge on any atom is 0.333 e. The number of aliphatic imine (C=N–C) groups is 1. The molecule has 0 fully saturated rings. The average molecular weight is 197 g/mol. The van der Waals surface area contributed by atoms with Crippen molar-refractivity contribution >= 4 is 12.0 Å². The molecule has 4 nitrogen and oxygen atoms in total. The Morgan fingerprint density at radius 1 is 1.43 bits per heavy atom. The van der Waals surface area contributed by atoms with Crippen molar-refractivity contribution in [2.75, 3.05) is 13.2 Å². The molecular weight excluding hydrogens is 182 g/mol. The van der Waals surface area contributed by atoms with E-state index in [-0.39, 0.29) is 5.97 Å². The van der Waals surface area contributed by atoms with E-state index in [2.05, 4.69) is 11.6 Å². The molecule has 0 radical (unpaired) electrons. The number of nitrogens with zero attached hydrogens (tertiary/aromatic N) is 1. The summed E-state index contributed by atoms with van der Waals surface area (Å²) in [6.45, 7) is 5.97. The molecule has 0 N–H and O–H groups in total. The van der Waals surface area contributed by atoms with E-state index in [0.29, 0.717) is 18.7 Å². The monoisotopic (exact) mass is 197 g/mol. The average Bonchev–Trinajstić information content (AvgIpc) is 2.16. The molecule has 78 valence electrons. The number of carbonyl (C=O) groups excluding carboxylic acids is 2. The van der Waals surface area contributed by atoms with Gasteiger partial charge in [-0.15, -0.1) is 0 Å². The molecule has 0 spiro atoms. The van der Waals surface area contributed by atoms with Crippen molar-refractivity contribution in [1.82, 2.24) is 0 Å². The summed E-state index contributed by atoms with van der Waals surface area (Å²) in [5.41, 5.74) is 0.413. The Morgan fingerprint density at radius 2 is 2.14 bits per heavy atom. The van der Waals surface area contributed by atoms with Crippen LogP contribution in [0.5, 0.6) is 0 Å². The summed E-state index contributed by atoms with van der Waals surface area (Å²) >= 11 is 0. The van der Waals surface area contributed by atoms with Gasteiger partial charge in [0.1, 0.15) is 0 Å². The van der Waals surface area contributed by atoms with Crippen molar-refractivity contribution < 1.29 is 14.3 Å². The lowest BCUT2D eigenvalue weighted by Gasteiger charge is -2.02. The maximum absolute atomic E-state index is 10.9. The SMILES string of the molecule is C=C(C)C(=O)OCCCCCN=C=O. The smallest absolute Gasteiger partial charge is 0.333 e. The van der Waals surface area contributed by atoms with Crippen LogP contribution >= 0.6 is 0 Å². The molecule has 0 unspecified atom stereocenters. The van der Waals surface area contributed by atoms with Gasteiger partial charge in [-0.3, -0.25) is 0 Å². The standard InChI is InChI=1S/C10H15NO3/c1-9(2)10(13)14-7-5-3-4-6-11-8-12/h1,3-7H2,2H3. The number of ether oxygens (including phenoxy) is 1. The molecule has 0 aliphatic heterocycles. The minimum Gasteiger partial charge on any atom is -0.462 e. The van der Waals surface area contributed by atoms with Gasteiger partial charge in [-0.25, -0.2) is 14.6 Å². The first kappa shape index (κ1) is 12.6. The van der Waals surface area contributed by atoms with Crippen LogP contribution in [0.4, 0.5) is 0 Å². The van der Waals surface area contributed by atoms with Crippen LogP contribution in [0.3, 0.4) is 0 Å². The van der Waals surface area contributed by atoms with Crippen molar-refractivity contribution in [3.05, 3.63) is 12.2 Å². The van der Waals surface area contributed by atoms with Gasteiger partial charge in [-0.2, -0.15) is 0 Å². The fraction of sp³-hybridized carbons (Fsp3) is 0.600. The lowest BCUT2D eigenvalue weighted by atomic mass is 10.2. The highest BCUT2D eigenvalue weighted by Crippen LogP contribution is 1.98. The minimum atomic E-state index is -0.351. The van der Waals surface area contributed by atoms with Gasteiger partial charge in [0, 0.05) is 5.57 Å². The Labute approximate surface area is 83.7 Å². The van der Waals surface area contributed by atoms with Gasteiger partial charge in [0.15, 0.2) is 0 Å². The van der Waals surface area contributed by atoms with E-state index < -0.39 is 0 Å². The van der Waals surface area contributed by atoms with Gasteiger partial charge in [0.2, 0.25) is 6.08 Å². The summed E-state index contributed by atoms with van der Waals surface area (Å²) in [6, 6.07) is 0. The van der Waals surface area contributed by atoms with Crippen molar-refractivity contribution in [2.24, 2.45) is 4.99 Å². The number of carbonyl (C=O) groups is 1. The highest BCUT2D eigenvalue weighted by Gasteiger charge is 2.01. The van der Waals surface area contributed by atoms with Gasteiger partial charge < -0.3 is 4.74 Å². The molecule has 0 aromatic heterocycles. The molecule has 14 heavy (non-hydrogen) atoms. The van der Waals surface area contributed by atoms with Crippen molar-refractivity contribution in [3.8, 4) is 0 Å². The molecule has 0 amide bonds. The third-order valence-corrected chi connectivity index (χ3v) is 1.56. The van der Waals surface area contributed by atoms with Gasteiger partial charge in [-0.1, -0.05) is 6.58 Å². The van der Waals surface area contributed by atoms with Gasteiger partial charge in [-0.05, 0) is 26.2 Å². The van der Waals surface area contributed by atoms with Gasteiger partial charge >= 0.3 is 5.97 Å². The normalized spacial score (nSPS) is 8.93. The molecule has 0 atom stereocenters. The van der Waals surface area contributed by atoms with Crippen molar-refractivity contribution in [2.45, 2.75) is 26.2 Å². The van der Waals surface area contributed by atoms with Crippen LogP contribution in [0.1, 0.15) is 26.2 Å². The summed E-state index contributed by atoms with van der Waals surface area (Å²) in [7, 11) is 0. The highest BCUT2D eigenvalue weighted by atomic mass is 16.5. The summed E-state index contributed by atoms with van der Waals surface area (Å²) < 4.78 is 4.86. The Balaban J connectivity index is 3.25. The minimum absolute atomic E-state index is 0.351. The van der Waals surface area contributed by atoms with E-state index >= 15 is 0 Å². The maximum atomic E-state index is 10.9. The number of isocyanates is 1. The lowest BCUT2D eigenvalue weighted by molar-refractivity contribution is -0.139. The molecule has 0 heterocycles. The highest BCUT2D eigenvalue weighted by molar-refractivity contribution is 5.86. The Kier molecular flexibility index (Phi) is 7.37. The third-order valence-electron chi connectivity index (χ3n) is 1.56. The zero-order chi connectivity index (χ0) is 10.8. The van der Waals surface area contributed by atoms with E-state index in [1.807, 2.05) is 0 Å². The second kappa shape index (κ2) is 8.20. The second-order valence-electron chi connectivity index (χ2n) is 2.95. The first-order valence-electron chi connectivity index (χ1n) is 4.54. The molecular formula is C10H15NO3. The Bertz CT molecular complexity index is 242. The number of rotatable bonds is 7. The molecule has 0 aliphatic rings. The summed E-state index contributed by atoms with van der Waals surface area (Å²) in [4.78, 5) is 24.0. The van der Waals surface area contributed by atoms with Crippen LogP contribution in [0.2, 0.25) is 0 Å². The zero-order valence-corrected chi connectivity index (χ0v) is 8.41. The molecule has 0 rings (SSSR count). The van der Waals surface area contributed by atoms with E-state index in [1.165, 1.54) is 6.08 Å². The van der Waals surface area contributed by atoms with E-state index in [1.54, 1.807) is 6.92 Å². The van der Waals surface area contributed by atoms with Crippen LogP contribution in [0, 0.1) is 0 Å². The second-order valence-corrected chi connectivity index (χ2v) is 2.95. The van der Waals surface area contributed by atoms with Crippen LogP contribution in [0.15, 0.2) is 17.1 Å². The quantitative estimate of drug-likeness (QED) is 0.205. The van der Waals surface area contributed by atoms with Crippen LogP contribution < -0.4 is 0 Å². The van der Waals surface area contributed by atoms with Crippen molar-refractivity contribution in [3.63, 3.8) is 0 Å². The summed E-state index contributed by atoms with van der Waals surface area (Å²) in [6.07, 6.45) is 3.96. The zero-order valence-electron chi connectivity index (χ0n) is 8.41. The number of hydrogen-bond donors (Lipinski definition) is 0. The van der Waals surface area contributed by atoms with Crippen molar-refractivity contribution in [1.29, 1.82) is 0 Å². The Morgan fingerprint density at radius 3 is 2.71 bits per heavy atom. The predicted octanol–water partition coefficient (Wildman–Crippen LogP) is 1.61. The van der Waals surface area contributed by atoms with Gasteiger partial charge in [0.05, 0.1) is 13.2 Å².